The van der Waals surface area contributed by atoms with E-state index in [1.165, 1.54) is 71.0 Å². The Labute approximate surface area is 187 Å². The van der Waals surface area contributed by atoms with Gasteiger partial charge >= 0.3 is 0 Å². The molecule has 0 radical (unpaired) electrons. The van der Waals surface area contributed by atoms with Gasteiger partial charge in [0.15, 0.2) is 11.8 Å². The number of nitrogens with one attached hydrogen (secondary N) is 2. The predicted molar refractivity (Wildman–Crippen MR) is 125 cm³/mol. The van der Waals surface area contributed by atoms with Crippen LogP contribution in [-0.2, 0) is 13.6 Å². The second kappa shape index (κ2) is 12.6. The molecule has 1 saturated heterocycles. The van der Waals surface area contributed by atoms with Crippen LogP contribution in [0.3, 0.4) is 0 Å². The maximum Gasteiger partial charge on any atom is 0.191 e. The summed E-state index contributed by atoms with van der Waals surface area (Å²) in [6.45, 7) is 7.23. The summed E-state index contributed by atoms with van der Waals surface area (Å²) in [6, 6.07) is 0.558. The molecule has 2 heterocycles. The van der Waals surface area contributed by atoms with Crippen LogP contribution in [-0.4, -0.2) is 57.8 Å². The van der Waals surface area contributed by atoms with Gasteiger partial charge in [-0.3, -0.25) is 0 Å². The molecule has 1 aliphatic heterocycles. The van der Waals surface area contributed by atoms with Crippen molar-refractivity contribution in [1.82, 2.24) is 30.3 Å². The minimum atomic E-state index is 0. The number of aromatic nitrogens is 3. The fourth-order valence-corrected chi connectivity index (χ4v) is 4.02. The van der Waals surface area contributed by atoms with Gasteiger partial charge in [0.2, 0.25) is 0 Å². The second-order valence-electron chi connectivity index (χ2n) is 8.05. The largest absolute Gasteiger partial charge is 0.356 e. The zero-order valence-electron chi connectivity index (χ0n) is 17.6. The zero-order chi connectivity index (χ0) is 18.9. The molecule has 1 saturated carbocycles. The number of halogens is 1. The number of guanidine groups is 1. The third-order valence-electron chi connectivity index (χ3n) is 5.90. The molecule has 0 atom stereocenters. The molecule has 0 spiro atoms. The molecule has 1 aromatic heterocycles. The summed E-state index contributed by atoms with van der Waals surface area (Å²) >= 11 is 0. The van der Waals surface area contributed by atoms with Gasteiger partial charge in [-0.2, -0.15) is 0 Å². The summed E-state index contributed by atoms with van der Waals surface area (Å²) in [4.78, 5) is 7.41. The topological polar surface area (TPSA) is 70.4 Å². The van der Waals surface area contributed by atoms with E-state index in [1.54, 1.807) is 0 Å². The number of hydrogen-bond acceptors (Lipinski definition) is 4. The Morgan fingerprint density at radius 2 is 1.79 bits per heavy atom. The van der Waals surface area contributed by atoms with Crippen LogP contribution in [0.4, 0.5) is 0 Å². The maximum absolute atomic E-state index is 4.79. The van der Waals surface area contributed by atoms with E-state index < -0.39 is 0 Å². The van der Waals surface area contributed by atoms with Crippen LogP contribution in [0, 0.1) is 6.92 Å². The van der Waals surface area contributed by atoms with Crippen molar-refractivity contribution in [2.75, 3.05) is 26.2 Å². The van der Waals surface area contributed by atoms with Gasteiger partial charge in [-0.1, -0.05) is 25.7 Å². The molecular formula is C20H38IN7. The molecule has 8 heteroatoms. The molecule has 0 amide bonds. The van der Waals surface area contributed by atoms with Gasteiger partial charge in [-0.25, -0.2) is 4.99 Å². The zero-order valence-corrected chi connectivity index (χ0v) is 20.0. The van der Waals surface area contributed by atoms with E-state index in [2.05, 4.69) is 25.7 Å². The lowest BCUT2D eigenvalue weighted by Crippen LogP contribution is -2.43. The van der Waals surface area contributed by atoms with Crippen molar-refractivity contribution in [3.63, 3.8) is 0 Å². The van der Waals surface area contributed by atoms with Crippen LogP contribution in [0.2, 0.25) is 0 Å². The van der Waals surface area contributed by atoms with E-state index in [0.29, 0.717) is 12.6 Å². The average Bonchev–Trinajstić information content (AvgIpc) is 3.20. The van der Waals surface area contributed by atoms with Gasteiger partial charge in [-0.15, -0.1) is 34.2 Å². The first-order chi connectivity index (χ1) is 13.2. The molecule has 2 N–H and O–H groups in total. The molecule has 28 heavy (non-hydrogen) atoms. The molecule has 0 bridgehead atoms. The first kappa shape index (κ1) is 23.4. The molecular weight excluding hydrogens is 465 g/mol. The van der Waals surface area contributed by atoms with E-state index in [0.717, 1.165) is 30.6 Å². The standard InChI is InChI=1S/C20H37N7.HI/c1-17-24-25-19(26(17)2)16-22-20(23-18-10-5-6-11-18)21-12-9-15-27-13-7-3-4-8-14-27;/h18H,3-16H2,1-2H3,(H2,21,22,23);1H. The van der Waals surface area contributed by atoms with E-state index >= 15 is 0 Å². The van der Waals surface area contributed by atoms with Crippen molar-refractivity contribution >= 4 is 29.9 Å². The lowest BCUT2D eigenvalue weighted by Gasteiger charge is -2.21. The van der Waals surface area contributed by atoms with Crippen molar-refractivity contribution in [3.8, 4) is 0 Å². The highest BCUT2D eigenvalue weighted by atomic mass is 127. The fraction of sp³-hybridized carbons (Fsp3) is 0.850. The predicted octanol–water partition coefficient (Wildman–Crippen LogP) is 2.99. The first-order valence-corrected chi connectivity index (χ1v) is 10.8. The number of hydrogen-bond donors (Lipinski definition) is 2. The van der Waals surface area contributed by atoms with E-state index in [-0.39, 0.29) is 24.0 Å². The van der Waals surface area contributed by atoms with Crippen LogP contribution in [0.5, 0.6) is 0 Å². The van der Waals surface area contributed by atoms with Gasteiger partial charge < -0.3 is 20.1 Å². The van der Waals surface area contributed by atoms with E-state index in [9.17, 15) is 0 Å². The molecule has 3 rings (SSSR count). The van der Waals surface area contributed by atoms with Crippen molar-refractivity contribution in [1.29, 1.82) is 0 Å². The Bertz CT molecular complexity index is 587. The lowest BCUT2D eigenvalue weighted by atomic mass is 10.2. The van der Waals surface area contributed by atoms with Crippen LogP contribution >= 0.6 is 24.0 Å². The normalized spacial score (nSPS) is 19.3. The molecule has 2 aliphatic rings. The maximum atomic E-state index is 4.79. The second-order valence-corrected chi connectivity index (χ2v) is 8.05. The SMILES string of the molecule is Cc1nnc(CN=C(NCCCN2CCCCCC2)NC2CCCC2)n1C.I. The Morgan fingerprint density at radius 1 is 1.07 bits per heavy atom. The molecule has 0 unspecified atom stereocenters. The number of aryl methyl sites for hydroxylation is 1. The molecule has 160 valence electrons. The lowest BCUT2D eigenvalue weighted by molar-refractivity contribution is 0.282. The summed E-state index contributed by atoms with van der Waals surface area (Å²) in [5.41, 5.74) is 0. The van der Waals surface area contributed by atoms with Crippen molar-refractivity contribution < 1.29 is 0 Å². The summed E-state index contributed by atoms with van der Waals surface area (Å²) in [7, 11) is 2.00. The van der Waals surface area contributed by atoms with Crippen LogP contribution < -0.4 is 10.6 Å². The summed E-state index contributed by atoms with van der Waals surface area (Å²) in [5, 5.41) is 15.5. The molecule has 2 fully saturated rings. The van der Waals surface area contributed by atoms with Crippen molar-refractivity contribution in [2.24, 2.45) is 12.0 Å². The monoisotopic (exact) mass is 503 g/mol. The van der Waals surface area contributed by atoms with E-state index in [1.807, 2.05) is 18.5 Å². The average molecular weight is 503 g/mol. The Morgan fingerprint density at radius 3 is 2.43 bits per heavy atom. The number of likely N-dealkylation sites (tertiary alicyclic amines) is 1. The summed E-state index contributed by atoms with van der Waals surface area (Å²) in [5.74, 6) is 2.76. The number of aliphatic imine (C=N–C) groups is 1. The van der Waals surface area contributed by atoms with Gasteiger partial charge in [-0.05, 0) is 58.7 Å². The summed E-state index contributed by atoms with van der Waals surface area (Å²) in [6.07, 6.45) is 11.8. The molecule has 0 aromatic carbocycles. The number of rotatable bonds is 7. The van der Waals surface area contributed by atoms with Gasteiger partial charge in [0.25, 0.3) is 0 Å². The Balaban J connectivity index is 0.00000280. The first-order valence-electron chi connectivity index (χ1n) is 10.8. The van der Waals surface area contributed by atoms with Crippen LogP contribution in [0.15, 0.2) is 4.99 Å². The fourth-order valence-electron chi connectivity index (χ4n) is 4.02. The highest BCUT2D eigenvalue weighted by Crippen LogP contribution is 2.17. The highest BCUT2D eigenvalue weighted by Gasteiger charge is 2.16. The van der Waals surface area contributed by atoms with Gasteiger partial charge in [0, 0.05) is 19.6 Å². The van der Waals surface area contributed by atoms with Crippen LogP contribution in [0.25, 0.3) is 0 Å². The van der Waals surface area contributed by atoms with Crippen molar-refractivity contribution in [2.45, 2.75) is 77.3 Å². The third kappa shape index (κ3) is 7.50. The number of nitrogens with zero attached hydrogens (tertiary/aromatic N) is 5. The Hall–Kier alpha value is -0.900. The van der Waals surface area contributed by atoms with E-state index in [4.69, 9.17) is 4.99 Å². The quantitative estimate of drug-likeness (QED) is 0.259. The van der Waals surface area contributed by atoms with Gasteiger partial charge in [0.05, 0.1) is 0 Å². The summed E-state index contributed by atoms with van der Waals surface area (Å²) < 4.78 is 2.01. The minimum Gasteiger partial charge on any atom is -0.356 e. The molecule has 7 nitrogen and oxygen atoms in total. The van der Waals surface area contributed by atoms with Crippen LogP contribution in [0.1, 0.15) is 69.4 Å². The van der Waals surface area contributed by atoms with Gasteiger partial charge in [0.1, 0.15) is 12.4 Å². The highest BCUT2D eigenvalue weighted by molar-refractivity contribution is 14.0. The molecule has 1 aromatic rings. The third-order valence-corrected chi connectivity index (χ3v) is 5.90. The Kier molecular flexibility index (Phi) is 10.5. The smallest absolute Gasteiger partial charge is 0.191 e. The molecule has 1 aliphatic carbocycles. The van der Waals surface area contributed by atoms with Crippen molar-refractivity contribution in [3.05, 3.63) is 11.6 Å². The minimum absolute atomic E-state index is 0.